The molecule has 1 aliphatic heterocycles. The second-order valence-electron chi connectivity index (χ2n) is 7.48. The zero-order valence-corrected chi connectivity index (χ0v) is 18.2. The lowest BCUT2D eigenvalue weighted by atomic mass is 9.83. The van der Waals surface area contributed by atoms with Crippen LogP contribution in [-0.4, -0.2) is 19.7 Å². The summed E-state index contributed by atoms with van der Waals surface area (Å²) in [6, 6.07) is 21.9. The molecule has 1 unspecified atom stereocenters. The number of nitrogens with two attached hydrogens (primary N) is 1. The van der Waals surface area contributed by atoms with Gasteiger partial charge in [0.2, 0.25) is 5.88 Å². The fraction of sp³-hybridized carbons (Fsp3) is 0.154. The highest BCUT2D eigenvalue weighted by molar-refractivity contribution is 5.74. The van der Waals surface area contributed by atoms with E-state index in [2.05, 4.69) is 6.07 Å². The van der Waals surface area contributed by atoms with Crippen LogP contribution in [0.2, 0.25) is 0 Å². The summed E-state index contributed by atoms with van der Waals surface area (Å²) in [6.07, 6.45) is 0. The molecule has 7 nitrogen and oxygen atoms in total. The number of rotatable bonds is 6. The van der Waals surface area contributed by atoms with E-state index < -0.39 is 11.9 Å². The van der Waals surface area contributed by atoms with Crippen molar-refractivity contribution in [1.29, 1.82) is 5.26 Å². The maximum Gasteiger partial charge on any atom is 0.349 e. The Morgan fingerprint density at radius 3 is 2.52 bits per heavy atom. The average Bonchev–Trinajstić information content (AvgIpc) is 2.82. The lowest BCUT2D eigenvalue weighted by molar-refractivity contribution is -0.136. The van der Waals surface area contributed by atoms with Crippen molar-refractivity contribution in [3.8, 4) is 29.1 Å². The van der Waals surface area contributed by atoms with Crippen LogP contribution in [0.15, 0.2) is 78.2 Å². The minimum atomic E-state index is -0.555. The summed E-state index contributed by atoms with van der Waals surface area (Å²) in [7, 11) is 1.59. The molecule has 1 aliphatic rings. The zero-order valence-electron chi connectivity index (χ0n) is 18.2. The van der Waals surface area contributed by atoms with Crippen molar-refractivity contribution < 1.29 is 23.7 Å². The van der Waals surface area contributed by atoms with Gasteiger partial charge < -0.3 is 24.7 Å². The van der Waals surface area contributed by atoms with Crippen LogP contribution in [0.3, 0.4) is 0 Å². The largest absolute Gasteiger partial charge is 0.497 e. The molecule has 33 heavy (non-hydrogen) atoms. The molecule has 4 rings (SSSR count). The van der Waals surface area contributed by atoms with Gasteiger partial charge in [0.15, 0.2) is 6.61 Å². The first-order valence-electron chi connectivity index (χ1n) is 10.2. The van der Waals surface area contributed by atoms with Crippen LogP contribution in [0, 0.1) is 18.3 Å². The maximum absolute atomic E-state index is 12.3. The lowest BCUT2D eigenvalue weighted by Gasteiger charge is -2.26. The third-order valence-corrected chi connectivity index (χ3v) is 5.22. The topological polar surface area (TPSA) is 104 Å². The van der Waals surface area contributed by atoms with Crippen LogP contribution in [0.1, 0.15) is 22.6 Å². The predicted octanol–water partition coefficient (Wildman–Crippen LogP) is 4.21. The van der Waals surface area contributed by atoms with Crippen molar-refractivity contribution in [1.82, 2.24) is 0 Å². The zero-order chi connectivity index (χ0) is 23.4. The van der Waals surface area contributed by atoms with E-state index in [0.29, 0.717) is 22.8 Å². The number of allylic oxidation sites excluding steroid dienone is 1. The van der Waals surface area contributed by atoms with Crippen molar-refractivity contribution >= 4 is 5.97 Å². The van der Waals surface area contributed by atoms with Crippen LogP contribution >= 0.6 is 0 Å². The molecular weight excluding hydrogens is 420 g/mol. The van der Waals surface area contributed by atoms with Gasteiger partial charge in [0.25, 0.3) is 0 Å². The molecule has 3 aromatic carbocycles. The molecule has 0 bridgehead atoms. The van der Waals surface area contributed by atoms with Gasteiger partial charge in [-0.15, -0.1) is 0 Å². The molecule has 1 atom stereocenters. The van der Waals surface area contributed by atoms with E-state index in [0.717, 1.165) is 16.7 Å². The molecule has 0 saturated carbocycles. The molecule has 0 radical (unpaired) electrons. The standard InChI is InChI=1S/C26H22N2O5/c1-16-4-3-5-19(12-16)31-15-24(29)32-20-10-11-21-23(13-20)33-26(28)22(14-27)25(21)17-6-8-18(30-2)9-7-17/h3-13,25H,15,28H2,1-2H3. The Balaban J connectivity index is 1.54. The Labute approximate surface area is 191 Å². The van der Waals surface area contributed by atoms with E-state index >= 15 is 0 Å². The van der Waals surface area contributed by atoms with Crippen LogP contribution < -0.4 is 24.7 Å². The Kier molecular flexibility index (Phi) is 6.18. The monoisotopic (exact) mass is 442 g/mol. The summed E-state index contributed by atoms with van der Waals surface area (Å²) in [5.41, 5.74) is 8.98. The highest BCUT2D eigenvalue weighted by Crippen LogP contribution is 2.43. The van der Waals surface area contributed by atoms with Crippen LogP contribution in [-0.2, 0) is 4.79 Å². The third-order valence-electron chi connectivity index (χ3n) is 5.22. The van der Waals surface area contributed by atoms with Gasteiger partial charge in [-0.2, -0.15) is 5.26 Å². The normalized spacial score (nSPS) is 14.5. The maximum atomic E-state index is 12.3. The first kappa shape index (κ1) is 21.8. The van der Waals surface area contributed by atoms with E-state index in [9.17, 15) is 10.1 Å². The molecule has 7 heteroatoms. The molecule has 0 aromatic heterocycles. The second-order valence-corrected chi connectivity index (χ2v) is 7.48. The van der Waals surface area contributed by atoms with Gasteiger partial charge in [-0.3, -0.25) is 0 Å². The number of hydrogen-bond donors (Lipinski definition) is 1. The van der Waals surface area contributed by atoms with Gasteiger partial charge in [-0.25, -0.2) is 4.79 Å². The number of hydrogen-bond acceptors (Lipinski definition) is 7. The minimum Gasteiger partial charge on any atom is -0.497 e. The van der Waals surface area contributed by atoms with Crippen molar-refractivity contribution in [2.45, 2.75) is 12.8 Å². The molecule has 0 amide bonds. The molecule has 3 aromatic rings. The van der Waals surface area contributed by atoms with E-state index in [4.69, 9.17) is 24.7 Å². The van der Waals surface area contributed by atoms with E-state index in [1.165, 1.54) is 0 Å². The van der Waals surface area contributed by atoms with Crippen molar-refractivity contribution in [2.24, 2.45) is 5.73 Å². The summed E-state index contributed by atoms with van der Waals surface area (Å²) in [4.78, 5) is 12.3. The van der Waals surface area contributed by atoms with Crippen molar-refractivity contribution in [2.75, 3.05) is 13.7 Å². The van der Waals surface area contributed by atoms with Gasteiger partial charge in [0, 0.05) is 11.6 Å². The van der Waals surface area contributed by atoms with Gasteiger partial charge in [-0.05, 0) is 48.4 Å². The van der Waals surface area contributed by atoms with Crippen LogP contribution in [0.25, 0.3) is 0 Å². The SMILES string of the molecule is COc1ccc(C2C(C#N)=C(N)Oc3cc(OC(=O)COc4cccc(C)c4)ccc32)cc1. The van der Waals surface area contributed by atoms with Gasteiger partial charge in [0.05, 0.1) is 13.0 Å². The highest BCUT2D eigenvalue weighted by Gasteiger charge is 2.31. The molecule has 1 heterocycles. The van der Waals surface area contributed by atoms with E-state index in [1.54, 1.807) is 31.4 Å². The number of carbonyl (C=O) groups excluding carboxylic acids is 1. The number of esters is 1. The first-order valence-corrected chi connectivity index (χ1v) is 10.2. The van der Waals surface area contributed by atoms with Crippen LogP contribution in [0.4, 0.5) is 0 Å². The summed E-state index contributed by atoms with van der Waals surface area (Å²) in [5, 5.41) is 9.69. The van der Waals surface area contributed by atoms with Gasteiger partial charge in [-0.1, -0.05) is 30.3 Å². The number of carbonyl (C=O) groups is 1. The molecule has 0 spiro atoms. The van der Waals surface area contributed by atoms with Gasteiger partial charge in [0.1, 0.15) is 34.6 Å². The quantitative estimate of drug-likeness (QED) is 0.450. The summed E-state index contributed by atoms with van der Waals surface area (Å²) in [6.45, 7) is 1.70. The fourth-order valence-electron chi connectivity index (χ4n) is 3.65. The van der Waals surface area contributed by atoms with Crippen molar-refractivity contribution in [3.63, 3.8) is 0 Å². The number of methoxy groups -OCH3 is 1. The average molecular weight is 442 g/mol. The fourth-order valence-corrected chi connectivity index (χ4v) is 3.65. The number of benzene rings is 3. The first-order chi connectivity index (χ1) is 16.0. The minimum absolute atomic E-state index is 0.0112. The number of ether oxygens (including phenoxy) is 4. The molecule has 166 valence electrons. The van der Waals surface area contributed by atoms with Crippen molar-refractivity contribution in [3.05, 3.63) is 94.9 Å². The Morgan fingerprint density at radius 1 is 1.06 bits per heavy atom. The van der Waals surface area contributed by atoms with E-state index in [1.807, 2.05) is 49.4 Å². The van der Waals surface area contributed by atoms with Crippen LogP contribution in [0.5, 0.6) is 23.0 Å². The van der Waals surface area contributed by atoms with E-state index in [-0.39, 0.29) is 18.2 Å². The summed E-state index contributed by atoms with van der Waals surface area (Å²) >= 11 is 0. The second kappa shape index (κ2) is 9.37. The predicted molar refractivity (Wildman–Crippen MR) is 121 cm³/mol. The molecule has 0 saturated heterocycles. The lowest BCUT2D eigenvalue weighted by Crippen LogP contribution is -2.21. The summed E-state index contributed by atoms with van der Waals surface area (Å²) < 4.78 is 21.8. The molecule has 0 fully saturated rings. The summed E-state index contributed by atoms with van der Waals surface area (Å²) in [5.74, 6) is 1.03. The number of aryl methyl sites for hydroxylation is 1. The molecule has 2 N–H and O–H groups in total. The smallest absolute Gasteiger partial charge is 0.349 e. The molecule has 0 aliphatic carbocycles. The Bertz CT molecular complexity index is 1260. The number of nitrogens with zero attached hydrogens (tertiary/aromatic N) is 1. The third kappa shape index (κ3) is 4.75. The number of nitriles is 1. The highest BCUT2D eigenvalue weighted by atomic mass is 16.6. The Hall–Kier alpha value is -4.44. The molecular formula is C26H22N2O5. The Morgan fingerprint density at radius 2 is 1.82 bits per heavy atom. The number of fused-ring (bicyclic) bond motifs is 1. The van der Waals surface area contributed by atoms with Gasteiger partial charge >= 0.3 is 5.97 Å².